The number of nitrogens with zero attached hydrogens (tertiary/aromatic N) is 4. The number of likely N-dealkylation sites (tertiary alicyclic amines) is 1. The summed E-state index contributed by atoms with van der Waals surface area (Å²) in [7, 11) is 0. The number of amides is 4. The van der Waals surface area contributed by atoms with E-state index in [4.69, 9.17) is 0 Å². The third-order valence-electron chi connectivity index (χ3n) is 4.75. The highest BCUT2D eigenvalue weighted by Crippen LogP contribution is 2.39. The summed E-state index contributed by atoms with van der Waals surface area (Å²) in [5.41, 5.74) is -1.53. The van der Waals surface area contributed by atoms with Gasteiger partial charge in [-0.3, -0.25) is 0 Å². The normalized spacial score (nSPS) is 26.0. The molecule has 8 heteroatoms. The number of benzene rings is 1. The number of hydrogen-bond acceptors (Lipinski definition) is 3. The Bertz CT molecular complexity index is 778. The summed E-state index contributed by atoms with van der Waals surface area (Å²) in [4.78, 5) is 31.2. The summed E-state index contributed by atoms with van der Waals surface area (Å²) in [6, 6.07) is 3.27. The van der Waals surface area contributed by atoms with Crippen molar-refractivity contribution < 1.29 is 18.4 Å². The van der Waals surface area contributed by atoms with Crippen molar-refractivity contribution in [2.24, 2.45) is 10.9 Å². The van der Waals surface area contributed by atoms with Crippen LogP contribution in [0.5, 0.6) is 0 Å². The molecule has 2 unspecified atom stereocenters. The lowest BCUT2D eigenvalue weighted by molar-refractivity contribution is 0.104. The Morgan fingerprint density at radius 2 is 1.88 bits per heavy atom. The summed E-state index contributed by atoms with van der Waals surface area (Å²) in [5.74, 6) is -2.73. The standard InChI is InChI=1S/C17H16F2N4O2/c1-17(11-6-13(18)8-14(19)7-11)12(9-20)10-21-15(24)23(17)16(25)22-4-2-3-5-22/h6-8,10,12H,2-5H2,1H3. The van der Waals surface area contributed by atoms with E-state index in [0.717, 1.165) is 36.1 Å². The highest BCUT2D eigenvalue weighted by molar-refractivity contribution is 6.01. The lowest BCUT2D eigenvalue weighted by atomic mass is 9.78. The fourth-order valence-corrected chi connectivity index (χ4v) is 3.32. The van der Waals surface area contributed by atoms with Gasteiger partial charge in [0.25, 0.3) is 0 Å². The van der Waals surface area contributed by atoms with Crippen LogP contribution in [0, 0.1) is 28.9 Å². The molecule has 6 nitrogen and oxygen atoms in total. The van der Waals surface area contributed by atoms with Crippen molar-refractivity contribution in [3.05, 3.63) is 35.4 Å². The number of hydrogen-bond donors (Lipinski definition) is 0. The zero-order chi connectivity index (χ0) is 18.2. The van der Waals surface area contributed by atoms with Crippen molar-refractivity contribution in [2.75, 3.05) is 13.1 Å². The molecule has 1 saturated heterocycles. The number of urea groups is 2. The van der Waals surface area contributed by atoms with Crippen molar-refractivity contribution in [3.8, 4) is 6.07 Å². The van der Waals surface area contributed by atoms with Gasteiger partial charge in [0.15, 0.2) is 0 Å². The fraction of sp³-hybridized carbons (Fsp3) is 0.412. The Morgan fingerprint density at radius 3 is 2.44 bits per heavy atom. The predicted molar refractivity (Wildman–Crippen MR) is 84.7 cm³/mol. The van der Waals surface area contributed by atoms with Crippen molar-refractivity contribution in [3.63, 3.8) is 0 Å². The zero-order valence-corrected chi connectivity index (χ0v) is 13.6. The number of nitriles is 1. The van der Waals surface area contributed by atoms with Gasteiger partial charge in [0.1, 0.15) is 17.6 Å². The topological polar surface area (TPSA) is 76.8 Å². The number of imide groups is 1. The van der Waals surface area contributed by atoms with E-state index in [2.05, 4.69) is 4.99 Å². The average Bonchev–Trinajstić information content (AvgIpc) is 3.08. The third kappa shape index (κ3) is 2.76. The second kappa shape index (κ2) is 6.24. The lowest BCUT2D eigenvalue weighted by Crippen LogP contribution is -2.59. The quantitative estimate of drug-likeness (QED) is 0.784. The Kier molecular flexibility index (Phi) is 4.25. The van der Waals surface area contributed by atoms with Crippen LogP contribution in [0.4, 0.5) is 18.4 Å². The minimum absolute atomic E-state index is 0.0311. The first-order chi connectivity index (χ1) is 11.9. The Morgan fingerprint density at radius 1 is 1.28 bits per heavy atom. The van der Waals surface area contributed by atoms with Gasteiger partial charge >= 0.3 is 12.1 Å². The maximum absolute atomic E-state index is 13.8. The van der Waals surface area contributed by atoms with Gasteiger partial charge in [0.2, 0.25) is 0 Å². The second-order valence-corrected chi connectivity index (χ2v) is 6.29. The maximum Gasteiger partial charge on any atom is 0.352 e. The fourth-order valence-electron chi connectivity index (χ4n) is 3.32. The van der Waals surface area contributed by atoms with Crippen LogP contribution in [0.2, 0.25) is 0 Å². The van der Waals surface area contributed by atoms with Gasteiger partial charge < -0.3 is 4.90 Å². The third-order valence-corrected chi connectivity index (χ3v) is 4.75. The van der Waals surface area contributed by atoms with Crippen LogP contribution in [-0.4, -0.2) is 41.2 Å². The average molecular weight is 346 g/mol. The predicted octanol–water partition coefficient (Wildman–Crippen LogP) is 3.04. The molecule has 0 spiro atoms. The minimum atomic E-state index is -1.56. The molecule has 1 fully saturated rings. The molecule has 1 aromatic rings. The largest absolute Gasteiger partial charge is 0.352 e. The van der Waals surface area contributed by atoms with E-state index in [9.17, 15) is 23.6 Å². The highest BCUT2D eigenvalue weighted by Gasteiger charge is 2.51. The van der Waals surface area contributed by atoms with Crippen LogP contribution in [0.3, 0.4) is 0 Å². The van der Waals surface area contributed by atoms with E-state index >= 15 is 0 Å². The SMILES string of the molecule is CC1(c2cc(F)cc(F)c2)C(C#N)C=NC(=O)N1C(=O)N1CCCC1. The van der Waals surface area contributed by atoms with Crippen molar-refractivity contribution in [1.82, 2.24) is 9.80 Å². The smallest absolute Gasteiger partial charge is 0.324 e. The molecular formula is C17H16F2N4O2. The van der Waals surface area contributed by atoms with Crippen molar-refractivity contribution in [2.45, 2.75) is 25.3 Å². The van der Waals surface area contributed by atoms with Crippen molar-refractivity contribution >= 4 is 18.3 Å². The van der Waals surface area contributed by atoms with E-state index in [0.29, 0.717) is 19.2 Å². The summed E-state index contributed by atoms with van der Waals surface area (Å²) in [5, 5.41) is 9.49. The van der Waals surface area contributed by atoms with Crippen LogP contribution in [0.25, 0.3) is 0 Å². The molecule has 2 aliphatic rings. The molecule has 130 valence electrons. The Hall–Kier alpha value is -2.82. The number of halogens is 2. The maximum atomic E-state index is 13.8. The summed E-state index contributed by atoms with van der Waals surface area (Å²) >= 11 is 0. The molecule has 3 rings (SSSR count). The van der Waals surface area contributed by atoms with Gasteiger partial charge in [-0.05, 0) is 37.5 Å². The summed E-state index contributed by atoms with van der Waals surface area (Å²) in [6.45, 7) is 2.42. The molecule has 0 aliphatic carbocycles. The molecule has 0 bridgehead atoms. The summed E-state index contributed by atoms with van der Waals surface area (Å²) in [6.07, 6.45) is 2.74. The van der Waals surface area contributed by atoms with Crippen LogP contribution < -0.4 is 0 Å². The molecule has 2 aliphatic heterocycles. The molecule has 2 heterocycles. The van der Waals surface area contributed by atoms with Gasteiger partial charge in [-0.1, -0.05) is 0 Å². The molecule has 25 heavy (non-hydrogen) atoms. The van der Waals surface area contributed by atoms with E-state index in [-0.39, 0.29) is 5.56 Å². The molecule has 0 radical (unpaired) electrons. The van der Waals surface area contributed by atoms with Crippen LogP contribution in [-0.2, 0) is 5.54 Å². The molecular weight excluding hydrogens is 330 g/mol. The monoisotopic (exact) mass is 346 g/mol. The minimum Gasteiger partial charge on any atom is -0.324 e. The van der Waals surface area contributed by atoms with Crippen LogP contribution in [0.15, 0.2) is 23.2 Å². The van der Waals surface area contributed by atoms with Gasteiger partial charge in [0.05, 0.1) is 11.6 Å². The molecule has 0 N–H and O–H groups in total. The first kappa shape index (κ1) is 17.0. The van der Waals surface area contributed by atoms with Crippen LogP contribution in [0.1, 0.15) is 25.3 Å². The molecule has 0 aromatic heterocycles. The second-order valence-electron chi connectivity index (χ2n) is 6.29. The number of carbonyl (C=O) groups excluding carboxylic acids is 2. The van der Waals surface area contributed by atoms with Gasteiger partial charge in [-0.2, -0.15) is 5.26 Å². The number of rotatable bonds is 1. The van der Waals surface area contributed by atoms with Gasteiger partial charge in [0, 0.05) is 25.4 Å². The van der Waals surface area contributed by atoms with E-state index < -0.39 is 35.2 Å². The number of carbonyl (C=O) groups is 2. The Labute approximate surface area is 143 Å². The molecule has 4 amide bonds. The first-order valence-electron chi connectivity index (χ1n) is 7.91. The molecule has 2 atom stereocenters. The zero-order valence-electron chi connectivity index (χ0n) is 13.6. The number of aliphatic imine (C=N–C) groups is 1. The first-order valence-corrected chi connectivity index (χ1v) is 7.91. The van der Waals surface area contributed by atoms with E-state index in [1.165, 1.54) is 11.8 Å². The molecule has 0 saturated carbocycles. The van der Waals surface area contributed by atoms with Gasteiger partial charge in [-0.25, -0.2) is 28.3 Å². The van der Waals surface area contributed by atoms with Gasteiger partial charge in [-0.15, -0.1) is 0 Å². The lowest BCUT2D eigenvalue weighted by Gasteiger charge is -2.44. The van der Waals surface area contributed by atoms with Crippen LogP contribution >= 0.6 is 0 Å². The van der Waals surface area contributed by atoms with E-state index in [1.807, 2.05) is 6.07 Å². The summed E-state index contributed by atoms with van der Waals surface area (Å²) < 4.78 is 27.5. The van der Waals surface area contributed by atoms with E-state index in [1.54, 1.807) is 0 Å². The molecule has 1 aromatic carbocycles. The Balaban J connectivity index is 2.15. The highest BCUT2D eigenvalue weighted by atomic mass is 19.1. The van der Waals surface area contributed by atoms with Crippen molar-refractivity contribution in [1.29, 1.82) is 5.26 Å².